The normalized spacial score (nSPS) is 31.4. The second-order valence-electron chi connectivity index (χ2n) is 12.8. The van der Waals surface area contributed by atoms with Gasteiger partial charge in [0.05, 0.1) is 35.4 Å². The third kappa shape index (κ3) is 4.61. The number of hydrogen-bond acceptors (Lipinski definition) is 11. The number of ketones is 2. The van der Waals surface area contributed by atoms with E-state index in [1.54, 1.807) is 6.92 Å². The number of phenols is 1. The van der Waals surface area contributed by atoms with E-state index in [9.17, 15) is 44.7 Å². The molecule has 5 rings (SSSR count). The average Bonchev–Trinajstić information content (AvgIpc) is 2.96. The molecule has 0 unspecified atom stereocenters. The molecule has 0 saturated heterocycles. The minimum absolute atomic E-state index is 0.0688. The maximum absolute atomic E-state index is 14.1. The van der Waals surface area contributed by atoms with Crippen LogP contribution < -0.4 is 16.8 Å². The summed E-state index contributed by atoms with van der Waals surface area (Å²) in [5.74, 6) is -10.0. The lowest BCUT2D eigenvalue weighted by atomic mass is 9.54. The molecule has 0 aliphatic heterocycles. The molecule has 2 fully saturated rings. The van der Waals surface area contributed by atoms with Gasteiger partial charge in [-0.05, 0) is 44.0 Å². The van der Waals surface area contributed by atoms with Crippen LogP contribution in [-0.2, 0) is 19.2 Å². The van der Waals surface area contributed by atoms with Gasteiger partial charge in [0.25, 0.3) is 5.91 Å². The van der Waals surface area contributed by atoms with Gasteiger partial charge < -0.3 is 42.3 Å². The first-order chi connectivity index (χ1) is 20.6. The molecule has 1 aromatic rings. The summed E-state index contributed by atoms with van der Waals surface area (Å²) in [5.41, 5.74) is 7.08. The van der Waals surface area contributed by atoms with E-state index in [4.69, 9.17) is 11.5 Å². The fraction of sp³-hybridized carbons (Fsp3) is 0.548. The number of rotatable bonds is 6. The number of hydrogen-bond donors (Lipinski definition) is 8. The average molecular weight is 613 g/mol. The number of aliphatic hydroxyl groups is 4. The van der Waals surface area contributed by atoms with Gasteiger partial charge in [0.15, 0.2) is 11.4 Å². The van der Waals surface area contributed by atoms with Crippen LogP contribution in [0.3, 0.4) is 0 Å². The molecule has 2 amide bonds. The topological polar surface area (TPSA) is 237 Å². The Morgan fingerprint density at radius 3 is 2.34 bits per heavy atom. The fourth-order valence-electron chi connectivity index (χ4n) is 7.83. The minimum Gasteiger partial charge on any atom is -0.508 e. The molecule has 0 bridgehead atoms. The van der Waals surface area contributed by atoms with Crippen LogP contribution in [0.25, 0.3) is 5.76 Å². The highest BCUT2D eigenvalue weighted by molar-refractivity contribution is 6.24. The van der Waals surface area contributed by atoms with Gasteiger partial charge in [0, 0.05) is 11.5 Å². The molecule has 1 aromatic carbocycles. The Kier molecular flexibility index (Phi) is 8.12. The van der Waals surface area contributed by atoms with Crippen molar-refractivity contribution in [3.05, 3.63) is 40.2 Å². The number of nitrogens with two attached hydrogens (primary N) is 2. The summed E-state index contributed by atoms with van der Waals surface area (Å²) >= 11 is 0. The molecule has 44 heavy (non-hydrogen) atoms. The van der Waals surface area contributed by atoms with E-state index in [0.717, 1.165) is 32.1 Å². The van der Waals surface area contributed by atoms with Crippen molar-refractivity contribution in [2.24, 2.45) is 29.2 Å². The molecule has 0 radical (unpaired) electrons. The van der Waals surface area contributed by atoms with Crippen LogP contribution >= 0.6 is 0 Å². The summed E-state index contributed by atoms with van der Waals surface area (Å²) in [6.45, 7) is 1.63. The van der Waals surface area contributed by atoms with Crippen LogP contribution in [0, 0.1) is 17.8 Å². The summed E-state index contributed by atoms with van der Waals surface area (Å²) < 4.78 is 0. The van der Waals surface area contributed by atoms with Gasteiger partial charge in [-0.15, -0.1) is 0 Å². The highest BCUT2D eigenvalue weighted by Crippen LogP contribution is 2.56. The fourth-order valence-corrected chi connectivity index (χ4v) is 7.83. The highest BCUT2D eigenvalue weighted by atomic mass is 16.4. The first-order valence-electron chi connectivity index (χ1n) is 14.9. The van der Waals surface area contributed by atoms with E-state index in [1.807, 2.05) is 0 Å². The van der Waals surface area contributed by atoms with Crippen molar-refractivity contribution in [1.82, 2.24) is 4.90 Å². The molecule has 13 heteroatoms. The molecule has 13 nitrogen and oxygen atoms in total. The Hall–Kier alpha value is -3.78. The van der Waals surface area contributed by atoms with E-state index in [0.29, 0.717) is 17.9 Å². The van der Waals surface area contributed by atoms with Crippen molar-refractivity contribution >= 4 is 34.8 Å². The van der Waals surface area contributed by atoms with Crippen molar-refractivity contribution < 1.29 is 44.7 Å². The highest BCUT2D eigenvalue weighted by Gasteiger charge is 2.68. The number of aliphatic hydroxyl groups excluding tert-OH is 3. The molecule has 0 aromatic heterocycles. The number of carbonyl (C=O) groups is 4. The van der Waals surface area contributed by atoms with Gasteiger partial charge in [-0.25, -0.2) is 0 Å². The maximum Gasteiger partial charge on any atom is 0.255 e. The smallest absolute Gasteiger partial charge is 0.255 e. The summed E-state index contributed by atoms with van der Waals surface area (Å²) in [5, 5.41) is 59.9. The lowest BCUT2D eigenvalue weighted by molar-refractivity contribution is -0.169. The predicted octanol–water partition coefficient (Wildman–Crippen LogP) is 0.732. The van der Waals surface area contributed by atoms with Crippen molar-refractivity contribution in [3.8, 4) is 5.75 Å². The molecule has 4 aliphatic rings. The van der Waals surface area contributed by atoms with Crippen LogP contribution in [-0.4, -0.2) is 91.7 Å². The SMILES string of the molecule is C[C@H]1c2ccc(NC(=O)[C@@H](N)CC3CCCCC3)c(O)c2C(O)=C2C(=O)[C@]3(O)C(O)=C(C(N)=O)C(=O)[C@@H](N(C)C)[C@@H]3[C@@H](O)[C@@H]21. The standard InChI is InChI=1S/C31H40N4O9/c1-12-14-9-10-16(34-30(43)15(32)11-13-7-5-4-6-8-13)23(36)18(14)24(37)19-17(12)25(38)21-22(35(2)3)26(39)20(29(33)42)28(41)31(21,44)27(19)40/h9-10,12-13,15,17,21-22,25,36-38,41,44H,4-8,11,32H2,1-3H3,(H2,33,42)(H,34,43)/t12-,15-,17+,21+,22-,25-,31-/m0/s1. The van der Waals surface area contributed by atoms with Crippen LogP contribution in [0.4, 0.5) is 5.69 Å². The Morgan fingerprint density at radius 2 is 1.75 bits per heavy atom. The monoisotopic (exact) mass is 612 g/mol. The Bertz CT molecular complexity index is 1490. The van der Waals surface area contributed by atoms with Gasteiger partial charge in [-0.2, -0.15) is 0 Å². The van der Waals surface area contributed by atoms with Crippen LogP contribution in [0.1, 0.15) is 62.5 Å². The van der Waals surface area contributed by atoms with Crippen molar-refractivity contribution in [2.75, 3.05) is 19.4 Å². The summed E-state index contributed by atoms with van der Waals surface area (Å²) in [4.78, 5) is 53.8. The zero-order valence-electron chi connectivity index (χ0n) is 24.9. The van der Waals surface area contributed by atoms with Crippen LogP contribution in [0.15, 0.2) is 29.0 Å². The summed E-state index contributed by atoms with van der Waals surface area (Å²) in [7, 11) is 2.89. The number of Topliss-reactive ketones (excluding diaryl/α,β-unsaturated/α-hetero) is 2. The molecule has 238 valence electrons. The quantitative estimate of drug-likeness (QED) is 0.165. The molecule has 2 saturated carbocycles. The van der Waals surface area contributed by atoms with Gasteiger partial charge >= 0.3 is 0 Å². The summed E-state index contributed by atoms with van der Waals surface area (Å²) in [6, 6.07) is 0.698. The van der Waals surface area contributed by atoms with E-state index in [-0.39, 0.29) is 11.3 Å². The number of primary amides is 1. The van der Waals surface area contributed by atoms with E-state index in [2.05, 4.69) is 5.32 Å². The Labute approximate surface area is 254 Å². The molecule has 0 heterocycles. The number of benzene rings is 1. The third-order valence-electron chi connectivity index (χ3n) is 10.0. The zero-order valence-corrected chi connectivity index (χ0v) is 24.9. The van der Waals surface area contributed by atoms with Crippen molar-refractivity contribution in [1.29, 1.82) is 0 Å². The van der Waals surface area contributed by atoms with Gasteiger partial charge in [0.2, 0.25) is 11.7 Å². The molecule has 0 spiro atoms. The predicted molar refractivity (Wildman–Crippen MR) is 158 cm³/mol. The van der Waals surface area contributed by atoms with E-state index < -0.39 is 93.3 Å². The number of nitrogens with zero attached hydrogens (tertiary/aromatic N) is 1. The second-order valence-corrected chi connectivity index (χ2v) is 12.8. The largest absolute Gasteiger partial charge is 0.508 e. The number of fused-ring (bicyclic) bond motifs is 3. The number of nitrogens with one attached hydrogen (secondary N) is 1. The Balaban J connectivity index is 1.57. The maximum atomic E-state index is 14.1. The number of anilines is 1. The minimum atomic E-state index is -3.00. The second kappa shape index (κ2) is 11.3. The molecule has 4 aliphatic carbocycles. The first-order valence-corrected chi connectivity index (χ1v) is 14.9. The number of carbonyl (C=O) groups excluding carboxylic acids is 4. The molecule has 7 atom stereocenters. The van der Waals surface area contributed by atoms with Gasteiger partial charge in [0.1, 0.15) is 22.8 Å². The van der Waals surface area contributed by atoms with Crippen molar-refractivity contribution in [2.45, 2.75) is 75.2 Å². The van der Waals surface area contributed by atoms with Gasteiger partial charge in [-0.1, -0.05) is 45.1 Å². The lowest BCUT2D eigenvalue weighted by Crippen LogP contribution is -2.70. The number of aromatic hydroxyl groups is 1. The van der Waals surface area contributed by atoms with Crippen LogP contribution in [0.2, 0.25) is 0 Å². The number of phenolic OH excluding ortho intramolecular Hbond substituents is 1. The zero-order chi connectivity index (χ0) is 32.4. The summed E-state index contributed by atoms with van der Waals surface area (Å²) in [6.07, 6.45) is 4.12. The lowest BCUT2D eigenvalue weighted by Gasteiger charge is -2.53. The van der Waals surface area contributed by atoms with E-state index >= 15 is 0 Å². The number of likely N-dealkylation sites (N-methyl/N-ethyl adjacent to an activating group) is 1. The molecule has 10 N–H and O–H groups in total. The third-order valence-corrected chi connectivity index (χ3v) is 10.0. The van der Waals surface area contributed by atoms with Gasteiger partial charge in [-0.3, -0.25) is 24.1 Å². The van der Waals surface area contributed by atoms with E-state index in [1.165, 1.54) is 31.1 Å². The molecular formula is C31H40N4O9. The van der Waals surface area contributed by atoms with Crippen LogP contribution in [0.5, 0.6) is 5.75 Å². The number of amides is 2. The molecular weight excluding hydrogens is 572 g/mol. The Morgan fingerprint density at radius 1 is 1.11 bits per heavy atom. The first kappa shape index (κ1) is 31.6. The van der Waals surface area contributed by atoms with Crippen molar-refractivity contribution in [3.63, 3.8) is 0 Å².